The molecule has 0 bridgehead atoms. The Morgan fingerprint density at radius 2 is 1.95 bits per heavy atom. The van der Waals surface area contributed by atoms with Crippen LogP contribution in [0, 0.1) is 0 Å². The summed E-state index contributed by atoms with van der Waals surface area (Å²) in [5.74, 6) is -0.159. The highest BCUT2D eigenvalue weighted by atomic mass is 35.5. The first kappa shape index (κ1) is 14.0. The average Bonchev–Trinajstić information content (AvgIpc) is 2.65. The van der Waals surface area contributed by atoms with Gasteiger partial charge in [0.25, 0.3) is 0 Å². The van der Waals surface area contributed by atoms with Crippen molar-refractivity contribution in [2.24, 2.45) is 0 Å². The van der Waals surface area contributed by atoms with Gasteiger partial charge in [0.1, 0.15) is 0 Å². The van der Waals surface area contributed by atoms with Gasteiger partial charge >= 0.3 is 0 Å². The molecular formula is C12H12Cl2N2O3S. The number of benzene rings is 1. The Morgan fingerprint density at radius 1 is 1.20 bits per heavy atom. The number of nitrogens with one attached hydrogen (secondary N) is 1. The van der Waals surface area contributed by atoms with Crippen molar-refractivity contribution in [3.8, 4) is 0 Å². The molecule has 1 aromatic carbocycles. The van der Waals surface area contributed by atoms with E-state index < -0.39 is 9.84 Å². The summed E-state index contributed by atoms with van der Waals surface area (Å²) in [7, 11) is -3.13. The summed E-state index contributed by atoms with van der Waals surface area (Å²) in [6.45, 7) is 0.120. The third kappa shape index (κ3) is 2.47. The summed E-state index contributed by atoms with van der Waals surface area (Å²) in [4.78, 5) is 13.5. The molecule has 2 heterocycles. The largest absolute Gasteiger partial charge is 0.356 e. The Bertz CT molecular complexity index is 677. The van der Waals surface area contributed by atoms with Crippen molar-refractivity contribution in [1.82, 2.24) is 5.32 Å². The first-order valence-corrected chi connectivity index (χ1v) is 8.65. The number of amides is 1. The number of anilines is 1. The van der Waals surface area contributed by atoms with E-state index in [0.29, 0.717) is 15.7 Å². The summed E-state index contributed by atoms with van der Waals surface area (Å²) in [6, 6.07) is 4.43. The monoisotopic (exact) mass is 334 g/mol. The van der Waals surface area contributed by atoms with E-state index in [1.807, 2.05) is 0 Å². The first-order chi connectivity index (χ1) is 9.35. The van der Waals surface area contributed by atoms with Crippen molar-refractivity contribution in [2.75, 3.05) is 23.0 Å². The van der Waals surface area contributed by atoms with Crippen LogP contribution in [0.5, 0.6) is 0 Å². The minimum atomic E-state index is -3.13. The summed E-state index contributed by atoms with van der Waals surface area (Å²) in [5, 5.41) is 3.55. The Labute approximate surface area is 126 Å². The minimum Gasteiger partial charge on any atom is -0.356 e. The van der Waals surface area contributed by atoms with Gasteiger partial charge in [0.15, 0.2) is 9.84 Å². The number of rotatable bonds is 1. The van der Waals surface area contributed by atoms with Crippen LogP contribution in [0.2, 0.25) is 10.0 Å². The Balaban J connectivity index is 1.98. The zero-order valence-corrected chi connectivity index (χ0v) is 12.7. The number of nitrogens with zero attached hydrogens (tertiary/aromatic N) is 1. The Hall–Kier alpha value is -0.980. The van der Waals surface area contributed by atoms with Crippen LogP contribution in [-0.4, -0.2) is 44.5 Å². The molecule has 0 aromatic heterocycles. The van der Waals surface area contributed by atoms with Crippen LogP contribution in [0.1, 0.15) is 0 Å². The second kappa shape index (κ2) is 4.79. The van der Waals surface area contributed by atoms with Gasteiger partial charge in [-0.15, -0.1) is 0 Å². The molecule has 0 spiro atoms. The predicted molar refractivity (Wildman–Crippen MR) is 78.2 cm³/mol. The van der Waals surface area contributed by atoms with Crippen molar-refractivity contribution in [1.29, 1.82) is 0 Å². The molecule has 1 N–H and O–H groups in total. The molecule has 2 saturated heterocycles. The lowest BCUT2D eigenvalue weighted by Crippen LogP contribution is -2.60. The molecule has 1 aromatic rings. The highest BCUT2D eigenvalue weighted by molar-refractivity contribution is 7.91. The molecule has 2 aliphatic rings. The molecule has 2 atom stereocenters. The second-order valence-electron chi connectivity index (χ2n) is 5.04. The van der Waals surface area contributed by atoms with Gasteiger partial charge in [-0.3, -0.25) is 4.79 Å². The van der Waals surface area contributed by atoms with E-state index in [1.54, 1.807) is 23.1 Å². The number of carbonyl (C=O) groups is 1. The van der Waals surface area contributed by atoms with Crippen LogP contribution >= 0.6 is 23.2 Å². The SMILES string of the molecule is O=C1CN(c2ccc(Cl)c(Cl)c2)[C@H]2CS(=O)(=O)C[C@H]2N1. The predicted octanol–water partition coefficient (Wildman–Crippen LogP) is 1.10. The molecule has 0 radical (unpaired) electrons. The van der Waals surface area contributed by atoms with E-state index in [-0.39, 0.29) is 36.0 Å². The quantitative estimate of drug-likeness (QED) is 0.835. The van der Waals surface area contributed by atoms with Crippen molar-refractivity contribution in [3.05, 3.63) is 28.2 Å². The van der Waals surface area contributed by atoms with Crippen LogP contribution in [0.3, 0.4) is 0 Å². The fourth-order valence-electron chi connectivity index (χ4n) is 2.74. The van der Waals surface area contributed by atoms with Gasteiger partial charge in [-0.2, -0.15) is 0 Å². The normalized spacial score (nSPS) is 28.1. The van der Waals surface area contributed by atoms with Crippen LogP contribution in [0.25, 0.3) is 0 Å². The molecule has 20 heavy (non-hydrogen) atoms. The molecule has 3 rings (SSSR count). The zero-order chi connectivity index (χ0) is 14.5. The molecule has 1 amide bonds. The molecule has 108 valence electrons. The number of hydrogen-bond acceptors (Lipinski definition) is 4. The van der Waals surface area contributed by atoms with E-state index >= 15 is 0 Å². The van der Waals surface area contributed by atoms with Crippen LogP contribution in [-0.2, 0) is 14.6 Å². The Morgan fingerprint density at radius 3 is 2.65 bits per heavy atom. The lowest BCUT2D eigenvalue weighted by atomic mass is 10.1. The maximum atomic E-state index is 11.8. The van der Waals surface area contributed by atoms with Crippen molar-refractivity contribution in [2.45, 2.75) is 12.1 Å². The van der Waals surface area contributed by atoms with Crippen LogP contribution < -0.4 is 10.2 Å². The number of halogens is 2. The maximum absolute atomic E-state index is 11.8. The van der Waals surface area contributed by atoms with Crippen LogP contribution in [0.15, 0.2) is 18.2 Å². The van der Waals surface area contributed by atoms with Crippen molar-refractivity contribution < 1.29 is 13.2 Å². The number of hydrogen-bond donors (Lipinski definition) is 1. The topological polar surface area (TPSA) is 66.5 Å². The fraction of sp³-hybridized carbons (Fsp3) is 0.417. The third-order valence-electron chi connectivity index (χ3n) is 3.62. The van der Waals surface area contributed by atoms with E-state index in [0.717, 1.165) is 0 Å². The molecule has 0 saturated carbocycles. The molecule has 2 fully saturated rings. The van der Waals surface area contributed by atoms with Gasteiger partial charge in [0.05, 0.1) is 40.2 Å². The van der Waals surface area contributed by atoms with Gasteiger partial charge in [-0.05, 0) is 18.2 Å². The summed E-state index contributed by atoms with van der Waals surface area (Å²) in [6.07, 6.45) is 0. The van der Waals surface area contributed by atoms with E-state index in [1.165, 1.54) is 0 Å². The molecular weight excluding hydrogens is 323 g/mol. The van der Waals surface area contributed by atoms with Crippen molar-refractivity contribution in [3.63, 3.8) is 0 Å². The third-order valence-corrected chi connectivity index (χ3v) is 6.07. The summed E-state index contributed by atoms with van der Waals surface area (Å²) >= 11 is 11.9. The smallest absolute Gasteiger partial charge is 0.239 e. The van der Waals surface area contributed by atoms with E-state index in [4.69, 9.17) is 23.2 Å². The van der Waals surface area contributed by atoms with Gasteiger partial charge in [-0.25, -0.2) is 8.42 Å². The van der Waals surface area contributed by atoms with Crippen LogP contribution in [0.4, 0.5) is 5.69 Å². The number of fused-ring (bicyclic) bond motifs is 1. The zero-order valence-electron chi connectivity index (χ0n) is 10.3. The van der Waals surface area contributed by atoms with E-state index in [2.05, 4.69) is 5.32 Å². The lowest BCUT2D eigenvalue weighted by Gasteiger charge is -2.38. The summed E-state index contributed by atoms with van der Waals surface area (Å²) in [5.41, 5.74) is 0.710. The highest BCUT2D eigenvalue weighted by Gasteiger charge is 2.45. The van der Waals surface area contributed by atoms with Gasteiger partial charge in [0, 0.05) is 5.69 Å². The number of piperazine rings is 1. The van der Waals surface area contributed by atoms with E-state index in [9.17, 15) is 13.2 Å². The standard InChI is InChI=1S/C12H12Cl2N2O3S/c13-8-2-1-7(3-9(8)14)16-4-12(17)15-10-5-20(18,19)6-11(10)16/h1-3,10-11H,4-6H2,(H,15,17)/t10-,11+/m1/s1. The highest BCUT2D eigenvalue weighted by Crippen LogP contribution is 2.31. The number of carbonyl (C=O) groups excluding carboxylic acids is 1. The fourth-order valence-corrected chi connectivity index (χ4v) is 4.96. The molecule has 8 heteroatoms. The molecule has 0 aliphatic carbocycles. The van der Waals surface area contributed by atoms with Gasteiger partial charge in [-0.1, -0.05) is 23.2 Å². The molecule has 2 aliphatic heterocycles. The lowest BCUT2D eigenvalue weighted by molar-refractivity contribution is -0.121. The second-order valence-corrected chi connectivity index (χ2v) is 8.01. The average molecular weight is 335 g/mol. The Kier molecular flexibility index (Phi) is 3.35. The number of sulfone groups is 1. The van der Waals surface area contributed by atoms with Gasteiger partial charge in [0.2, 0.25) is 5.91 Å². The maximum Gasteiger partial charge on any atom is 0.239 e. The molecule has 5 nitrogen and oxygen atoms in total. The first-order valence-electron chi connectivity index (χ1n) is 6.07. The minimum absolute atomic E-state index is 0.0127. The van der Waals surface area contributed by atoms with Gasteiger partial charge < -0.3 is 10.2 Å². The molecule has 0 unspecified atom stereocenters. The summed E-state index contributed by atoms with van der Waals surface area (Å²) < 4.78 is 23.6. The van der Waals surface area contributed by atoms with Crippen molar-refractivity contribution >= 4 is 44.6 Å².